The first-order valence-corrected chi connectivity index (χ1v) is 11.4. The Morgan fingerprint density at radius 2 is 1.77 bits per heavy atom. The summed E-state index contributed by atoms with van der Waals surface area (Å²) < 4.78 is 39.7. The zero-order valence-electron chi connectivity index (χ0n) is 19.8. The number of halogens is 3. The highest BCUT2D eigenvalue weighted by Gasteiger charge is 2.31. The summed E-state index contributed by atoms with van der Waals surface area (Å²) in [6.45, 7) is 6.69. The molecular formula is C25H26F3N5O2. The van der Waals surface area contributed by atoms with Gasteiger partial charge in [0.25, 0.3) is 0 Å². The van der Waals surface area contributed by atoms with Crippen molar-refractivity contribution < 1.29 is 22.8 Å². The van der Waals surface area contributed by atoms with E-state index in [9.17, 15) is 22.8 Å². The Balaban J connectivity index is 1.45. The van der Waals surface area contributed by atoms with Crippen molar-refractivity contribution >= 4 is 11.7 Å². The van der Waals surface area contributed by atoms with E-state index in [0.29, 0.717) is 11.3 Å². The van der Waals surface area contributed by atoms with Crippen LogP contribution in [-0.4, -0.2) is 49.4 Å². The number of carbonyl (C=O) groups excluding carboxylic acids is 2. The van der Waals surface area contributed by atoms with Crippen molar-refractivity contribution in [2.24, 2.45) is 0 Å². The second-order valence-corrected chi connectivity index (χ2v) is 8.88. The van der Waals surface area contributed by atoms with Crippen LogP contribution >= 0.6 is 0 Å². The smallest absolute Gasteiger partial charge is 0.343 e. The van der Waals surface area contributed by atoms with Crippen LogP contribution in [0.15, 0.2) is 36.8 Å². The van der Waals surface area contributed by atoms with E-state index in [1.807, 2.05) is 17.9 Å². The maximum absolute atomic E-state index is 13.0. The number of hydrogen-bond donors (Lipinski definition) is 0. The van der Waals surface area contributed by atoms with E-state index in [-0.39, 0.29) is 29.8 Å². The Kier molecular flexibility index (Phi) is 6.73. The lowest BCUT2D eigenvalue weighted by Gasteiger charge is -2.31. The van der Waals surface area contributed by atoms with E-state index < -0.39 is 11.7 Å². The molecule has 35 heavy (non-hydrogen) atoms. The molecule has 0 unspecified atom stereocenters. The van der Waals surface area contributed by atoms with Crippen LogP contribution in [0, 0.1) is 13.8 Å². The van der Waals surface area contributed by atoms with Gasteiger partial charge in [0.05, 0.1) is 23.0 Å². The number of Topliss-reactive ketones (excluding diaryl/α,β-unsaturated/α-hetero) is 1. The molecule has 4 rings (SSSR count). The van der Waals surface area contributed by atoms with Gasteiger partial charge in [0.1, 0.15) is 0 Å². The third-order valence-electron chi connectivity index (χ3n) is 6.47. The fourth-order valence-corrected chi connectivity index (χ4v) is 4.51. The Morgan fingerprint density at radius 3 is 2.34 bits per heavy atom. The number of aromatic nitrogens is 4. The van der Waals surface area contributed by atoms with Crippen LogP contribution in [0.25, 0.3) is 5.82 Å². The number of aryl methyl sites for hydroxylation is 1. The van der Waals surface area contributed by atoms with Gasteiger partial charge in [-0.05, 0) is 49.9 Å². The molecule has 4 heterocycles. The molecular weight excluding hydrogens is 459 g/mol. The molecule has 0 atom stereocenters. The maximum Gasteiger partial charge on any atom is 0.417 e. The molecule has 1 fully saturated rings. The highest BCUT2D eigenvalue weighted by molar-refractivity contribution is 5.98. The second-order valence-electron chi connectivity index (χ2n) is 8.88. The SMILES string of the molecule is CC(=O)N1CCC(c2ncc(CC(=O)c3cnn(-c4ccc(C(F)(F)F)cn4)c3C)cc2C)CC1. The molecule has 10 heteroatoms. The Hall–Kier alpha value is -3.56. The number of hydrogen-bond acceptors (Lipinski definition) is 5. The van der Waals surface area contributed by atoms with Crippen LogP contribution in [0.4, 0.5) is 13.2 Å². The summed E-state index contributed by atoms with van der Waals surface area (Å²) in [5, 5.41) is 4.16. The van der Waals surface area contributed by atoms with Gasteiger partial charge < -0.3 is 4.90 Å². The molecule has 0 spiro atoms. The fourth-order valence-electron chi connectivity index (χ4n) is 4.51. The average molecular weight is 486 g/mol. The molecule has 184 valence electrons. The number of carbonyl (C=O) groups is 2. The van der Waals surface area contributed by atoms with Crippen LogP contribution in [0.2, 0.25) is 0 Å². The van der Waals surface area contributed by atoms with Crippen molar-refractivity contribution in [3.05, 3.63) is 70.4 Å². The third kappa shape index (κ3) is 5.26. The predicted octanol–water partition coefficient (Wildman–Crippen LogP) is 4.45. The van der Waals surface area contributed by atoms with E-state index in [4.69, 9.17) is 0 Å². The number of ketones is 1. The fraction of sp³-hybridized carbons (Fsp3) is 0.400. The van der Waals surface area contributed by atoms with Crippen LogP contribution in [0.1, 0.15) is 64.1 Å². The van der Waals surface area contributed by atoms with Gasteiger partial charge >= 0.3 is 6.18 Å². The van der Waals surface area contributed by atoms with Crippen LogP contribution in [-0.2, 0) is 17.4 Å². The molecule has 7 nitrogen and oxygen atoms in total. The van der Waals surface area contributed by atoms with E-state index in [0.717, 1.165) is 55.0 Å². The minimum absolute atomic E-state index is 0.0923. The minimum Gasteiger partial charge on any atom is -0.343 e. The lowest BCUT2D eigenvalue weighted by atomic mass is 9.90. The summed E-state index contributed by atoms with van der Waals surface area (Å²) in [5.41, 5.74) is 2.82. The number of pyridine rings is 2. The van der Waals surface area contributed by atoms with Crippen molar-refractivity contribution in [2.45, 2.75) is 52.1 Å². The molecule has 0 N–H and O–H groups in total. The number of alkyl halides is 3. The lowest BCUT2D eigenvalue weighted by molar-refractivity contribution is -0.137. The molecule has 0 bridgehead atoms. The molecule has 1 aliphatic heterocycles. The number of likely N-dealkylation sites (tertiary alicyclic amines) is 1. The Morgan fingerprint density at radius 1 is 1.06 bits per heavy atom. The Labute approximate surface area is 201 Å². The van der Waals surface area contributed by atoms with Gasteiger partial charge in [-0.25, -0.2) is 9.67 Å². The standard InChI is InChI=1S/C25H26F3N5O2/c1-15-10-18(12-30-24(15)19-6-8-32(9-7-19)17(3)34)11-22(35)21-14-31-33(16(21)2)23-5-4-20(13-29-23)25(26,27)28/h4-5,10,12-14,19H,6-9,11H2,1-3H3. The summed E-state index contributed by atoms with van der Waals surface area (Å²) in [6.07, 6.45) is 1.26. The first-order valence-electron chi connectivity index (χ1n) is 11.4. The first kappa shape index (κ1) is 24.6. The summed E-state index contributed by atoms with van der Waals surface area (Å²) in [7, 11) is 0. The second kappa shape index (κ2) is 9.59. The Bertz CT molecular complexity index is 1240. The summed E-state index contributed by atoms with van der Waals surface area (Å²) in [6, 6.07) is 4.13. The first-order chi connectivity index (χ1) is 16.5. The summed E-state index contributed by atoms with van der Waals surface area (Å²) in [4.78, 5) is 34.9. The van der Waals surface area contributed by atoms with Gasteiger partial charge in [0.15, 0.2) is 11.6 Å². The van der Waals surface area contributed by atoms with Gasteiger partial charge in [0, 0.05) is 50.4 Å². The predicted molar refractivity (Wildman–Crippen MR) is 122 cm³/mol. The van der Waals surface area contributed by atoms with Crippen molar-refractivity contribution in [3.63, 3.8) is 0 Å². The molecule has 0 radical (unpaired) electrons. The number of nitrogens with zero attached hydrogens (tertiary/aromatic N) is 5. The highest BCUT2D eigenvalue weighted by Crippen LogP contribution is 2.30. The summed E-state index contributed by atoms with van der Waals surface area (Å²) in [5.74, 6) is 0.415. The maximum atomic E-state index is 13.0. The van der Waals surface area contributed by atoms with Gasteiger partial charge in [-0.3, -0.25) is 14.6 Å². The van der Waals surface area contributed by atoms with Crippen molar-refractivity contribution in [3.8, 4) is 5.82 Å². The van der Waals surface area contributed by atoms with Gasteiger partial charge in [-0.2, -0.15) is 18.3 Å². The van der Waals surface area contributed by atoms with Crippen molar-refractivity contribution in [1.82, 2.24) is 24.6 Å². The van der Waals surface area contributed by atoms with Crippen LogP contribution in [0.3, 0.4) is 0 Å². The molecule has 3 aromatic heterocycles. The van der Waals surface area contributed by atoms with E-state index in [1.54, 1.807) is 20.0 Å². The number of amides is 1. The van der Waals surface area contributed by atoms with Crippen LogP contribution < -0.4 is 0 Å². The molecule has 0 aliphatic carbocycles. The van der Waals surface area contributed by atoms with Gasteiger partial charge in [-0.1, -0.05) is 6.07 Å². The lowest BCUT2D eigenvalue weighted by Crippen LogP contribution is -2.36. The topological polar surface area (TPSA) is 81.0 Å². The normalized spacial score (nSPS) is 14.9. The van der Waals surface area contributed by atoms with Crippen LogP contribution in [0.5, 0.6) is 0 Å². The van der Waals surface area contributed by atoms with Gasteiger partial charge in [0.2, 0.25) is 5.91 Å². The minimum atomic E-state index is -4.47. The highest BCUT2D eigenvalue weighted by atomic mass is 19.4. The molecule has 0 saturated carbocycles. The monoisotopic (exact) mass is 485 g/mol. The van der Waals surface area contributed by atoms with E-state index >= 15 is 0 Å². The molecule has 1 saturated heterocycles. The molecule has 1 aliphatic rings. The van der Waals surface area contributed by atoms with Crippen molar-refractivity contribution in [1.29, 1.82) is 0 Å². The molecule has 1 amide bonds. The molecule has 3 aromatic rings. The zero-order chi connectivity index (χ0) is 25.3. The largest absolute Gasteiger partial charge is 0.417 e. The quantitative estimate of drug-likeness (QED) is 0.499. The average Bonchev–Trinajstić information content (AvgIpc) is 3.20. The zero-order valence-corrected chi connectivity index (χ0v) is 19.8. The summed E-state index contributed by atoms with van der Waals surface area (Å²) >= 11 is 0. The van der Waals surface area contributed by atoms with E-state index in [1.165, 1.54) is 16.9 Å². The van der Waals surface area contributed by atoms with Crippen molar-refractivity contribution in [2.75, 3.05) is 13.1 Å². The van der Waals surface area contributed by atoms with Gasteiger partial charge in [-0.15, -0.1) is 0 Å². The number of piperidine rings is 1. The number of rotatable bonds is 5. The van der Waals surface area contributed by atoms with E-state index in [2.05, 4.69) is 15.1 Å². The third-order valence-corrected chi connectivity index (χ3v) is 6.47. The molecule has 0 aromatic carbocycles.